The van der Waals surface area contributed by atoms with E-state index < -0.39 is 0 Å². The second-order valence-corrected chi connectivity index (χ2v) is 6.91. The van der Waals surface area contributed by atoms with Crippen LogP contribution in [0.3, 0.4) is 0 Å². The summed E-state index contributed by atoms with van der Waals surface area (Å²) < 4.78 is 10.9. The lowest BCUT2D eigenvalue weighted by Gasteiger charge is -2.10. The molecule has 138 valence electrons. The lowest BCUT2D eigenvalue weighted by Crippen LogP contribution is -1.99. The molecule has 1 aromatic heterocycles. The number of nitrogens with one attached hydrogen (secondary N) is 1. The molecule has 2 aromatic carbocycles. The largest absolute Gasteiger partial charge is 0.497 e. The fraction of sp³-hybridized carbons (Fsp3) is 0.333. The second-order valence-electron chi connectivity index (χ2n) is 6.47. The first-order chi connectivity index (χ1) is 12.6. The summed E-state index contributed by atoms with van der Waals surface area (Å²) in [6.45, 7) is 2.77. The average Bonchev–Trinajstić information content (AvgIpc) is 3.00. The van der Waals surface area contributed by atoms with Crippen LogP contribution in [0.4, 0.5) is 0 Å². The Labute approximate surface area is 159 Å². The number of aromatic amines is 1. The summed E-state index contributed by atoms with van der Waals surface area (Å²) in [5, 5.41) is 1.92. The highest BCUT2D eigenvalue weighted by Gasteiger charge is 2.16. The Morgan fingerprint density at radius 3 is 2.31 bits per heavy atom. The third-order valence-corrected chi connectivity index (χ3v) is 4.92. The van der Waals surface area contributed by atoms with Crippen LogP contribution in [0.15, 0.2) is 30.3 Å². The van der Waals surface area contributed by atoms with Crippen LogP contribution in [0, 0.1) is 6.92 Å². The molecule has 0 unspecified atom stereocenters. The number of benzene rings is 2. The number of hydrogen-bond acceptors (Lipinski definition) is 3. The van der Waals surface area contributed by atoms with Crippen molar-refractivity contribution in [1.82, 2.24) is 4.98 Å². The maximum Gasteiger partial charge on any atom is 0.123 e. The number of rotatable bonds is 7. The number of aromatic nitrogens is 1. The molecule has 0 fully saturated rings. The molecule has 0 amide bonds. The smallest absolute Gasteiger partial charge is 0.123 e. The molecule has 0 bridgehead atoms. The molecule has 4 nitrogen and oxygen atoms in total. The molecule has 0 saturated heterocycles. The van der Waals surface area contributed by atoms with Crippen LogP contribution < -0.4 is 15.2 Å². The molecule has 0 radical (unpaired) electrons. The zero-order valence-corrected chi connectivity index (χ0v) is 16.2. The molecule has 0 aliphatic heterocycles. The van der Waals surface area contributed by atoms with Crippen molar-refractivity contribution in [1.29, 1.82) is 0 Å². The number of H-pyrrole nitrogens is 1. The van der Waals surface area contributed by atoms with E-state index in [0.29, 0.717) is 6.54 Å². The summed E-state index contributed by atoms with van der Waals surface area (Å²) in [6.07, 6.45) is 2.96. The van der Waals surface area contributed by atoms with Gasteiger partial charge in [-0.05, 0) is 68.1 Å². The molecular formula is C21H25ClN2O2. The minimum Gasteiger partial charge on any atom is -0.497 e. The van der Waals surface area contributed by atoms with E-state index in [2.05, 4.69) is 11.9 Å². The maximum absolute atomic E-state index is 6.33. The molecule has 0 spiro atoms. The van der Waals surface area contributed by atoms with Gasteiger partial charge in [0.05, 0.1) is 14.2 Å². The molecule has 0 aliphatic rings. The summed E-state index contributed by atoms with van der Waals surface area (Å²) in [7, 11) is 3.33. The zero-order chi connectivity index (χ0) is 18.7. The van der Waals surface area contributed by atoms with Gasteiger partial charge in [-0.15, -0.1) is 0 Å². The summed E-state index contributed by atoms with van der Waals surface area (Å²) in [5.74, 6) is 1.53. The van der Waals surface area contributed by atoms with Gasteiger partial charge in [0.2, 0.25) is 0 Å². The number of methoxy groups -OCH3 is 2. The molecule has 3 rings (SSSR count). The van der Waals surface area contributed by atoms with Crippen LogP contribution in [-0.2, 0) is 6.42 Å². The molecule has 0 aliphatic carbocycles. The van der Waals surface area contributed by atoms with Crippen molar-refractivity contribution in [2.24, 2.45) is 5.73 Å². The maximum atomic E-state index is 6.33. The number of halogens is 1. The highest BCUT2D eigenvalue weighted by atomic mass is 35.5. The van der Waals surface area contributed by atoms with Crippen molar-refractivity contribution in [2.75, 3.05) is 20.8 Å². The summed E-state index contributed by atoms with van der Waals surface area (Å²) in [4.78, 5) is 3.60. The Hall–Kier alpha value is -2.17. The van der Waals surface area contributed by atoms with E-state index >= 15 is 0 Å². The number of unbranched alkanes of at least 4 members (excludes halogenated alkanes) is 1. The van der Waals surface area contributed by atoms with Crippen molar-refractivity contribution in [2.45, 2.75) is 26.2 Å². The number of hydrogen-bond donors (Lipinski definition) is 2. The average molecular weight is 373 g/mol. The Morgan fingerprint density at radius 1 is 1.00 bits per heavy atom. The van der Waals surface area contributed by atoms with Gasteiger partial charge in [0.25, 0.3) is 0 Å². The zero-order valence-electron chi connectivity index (χ0n) is 15.5. The van der Waals surface area contributed by atoms with E-state index in [0.717, 1.165) is 58.1 Å². The summed E-state index contributed by atoms with van der Waals surface area (Å²) in [5.41, 5.74) is 11.3. The Balaban J connectivity index is 2.21. The normalized spacial score (nSPS) is 11.1. The van der Waals surface area contributed by atoms with Crippen molar-refractivity contribution in [3.63, 3.8) is 0 Å². The minimum absolute atomic E-state index is 0.699. The Kier molecular flexibility index (Phi) is 5.74. The van der Waals surface area contributed by atoms with Gasteiger partial charge in [0.1, 0.15) is 11.5 Å². The first-order valence-electron chi connectivity index (χ1n) is 8.81. The van der Waals surface area contributed by atoms with E-state index in [4.69, 9.17) is 26.8 Å². The molecule has 3 aromatic rings. The van der Waals surface area contributed by atoms with E-state index in [-0.39, 0.29) is 0 Å². The molecular weight excluding hydrogens is 348 g/mol. The van der Waals surface area contributed by atoms with Crippen LogP contribution in [0.1, 0.15) is 24.0 Å². The fourth-order valence-corrected chi connectivity index (χ4v) is 3.66. The van der Waals surface area contributed by atoms with Gasteiger partial charge >= 0.3 is 0 Å². The summed E-state index contributed by atoms with van der Waals surface area (Å²) in [6, 6.07) is 9.95. The molecule has 5 heteroatoms. The van der Waals surface area contributed by atoms with E-state index in [9.17, 15) is 0 Å². The Bertz CT molecular complexity index is 896. The van der Waals surface area contributed by atoms with Crippen molar-refractivity contribution >= 4 is 22.5 Å². The van der Waals surface area contributed by atoms with Gasteiger partial charge in [0, 0.05) is 33.2 Å². The quantitative estimate of drug-likeness (QED) is 0.567. The standard InChI is InChI=1S/C21H25ClN2O2/c1-13-8-15(22)11-19-18(6-4-5-7-23)21(24-20(13)19)14-9-16(25-2)12-17(10-14)26-3/h8-12,24H,4-7,23H2,1-3H3. The van der Waals surface area contributed by atoms with Gasteiger partial charge in [-0.3, -0.25) is 0 Å². The highest BCUT2D eigenvalue weighted by molar-refractivity contribution is 6.31. The number of fused-ring (bicyclic) bond motifs is 1. The van der Waals surface area contributed by atoms with Gasteiger partial charge < -0.3 is 20.2 Å². The van der Waals surface area contributed by atoms with E-state index in [1.807, 2.05) is 30.3 Å². The monoisotopic (exact) mass is 372 g/mol. The van der Waals surface area contributed by atoms with Crippen molar-refractivity contribution < 1.29 is 9.47 Å². The number of ether oxygens (including phenoxy) is 2. The Morgan fingerprint density at radius 2 is 1.69 bits per heavy atom. The van der Waals surface area contributed by atoms with Crippen LogP contribution in [0.5, 0.6) is 11.5 Å². The van der Waals surface area contributed by atoms with Crippen LogP contribution in [0.25, 0.3) is 22.2 Å². The van der Waals surface area contributed by atoms with Crippen LogP contribution in [-0.4, -0.2) is 25.7 Å². The van der Waals surface area contributed by atoms with Gasteiger partial charge in [-0.1, -0.05) is 11.6 Å². The first-order valence-corrected chi connectivity index (χ1v) is 9.19. The number of nitrogens with two attached hydrogens (primary N) is 1. The third-order valence-electron chi connectivity index (χ3n) is 4.70. The summed E-state index contributed by atoms with van der Waals surface area (Å²) >= 11 is 6.33. The first kappa shape index (κ1) is 18.6. The van der Waals surface area contributed by atoms with E-state index in [1.54, 1.807) is 14.2 Å². The van der Waals surface area contributed by atoms with Gasteiger partial charge in [0.15, 0.2) is 0 Å². The second kappa shape index (κ2) is 8.02. The van der Waals surface area contributed by atoms with Crippen molar-refractivity contribution in [3.05, 3.63) is 46.5 Å². The highest BCUT2D eigenvalue weighted by Crippen LogP contribution is 2.37. The van der Waals surface area contributed by atoms with Crippen LogP contribution in [0.2, 0.25) is 5.02 Å². The van der Waals surface area contributed by atoms with Gasteiger partial charge in [-0.25, -0.2) is 0 Å². The van der Waals surface area contributed by atoms with Gasteiger partial charge in [-0.2, -0.15) is 0 Å². The van der Waals surface area contributed by atoms with Crippen LogP contribution >= 0.6 is 11.6 Å². The van der Waals surface area contributed by atoms with Crippen molar-refractivity contribution in [3.8, 4) is 22.8 Å². The third kappa shape index (κ3) is 3.67. The topological polar surface area (TPSA) is 60.3 Å². The fourth-order valence-electron chi connectivity index (χ4n) is 3.39. The van der Waals surface area contributed by atoms with E-state index in [1.165, 1.54) is 10.9 Å². The SMILES string of the molecule is COc1cc(OC)cc(-c2[nH]c3c(C)cc(Cl)cc3c2CCCCN)c1. The lowest BCUT2D eigenvalue weighted by atomic mass is 9.99. The molecule has 3 N–H and O–H groups in total. The minimum atomic E-state index is 0.699. The lowest BCUT2D eigenvalue weighted by molar-refractivity contribution is 0.394. The predicted octanol–water partition coefficient (Wildman–Crippen LogP) is 5.10. The number of aryl methyl sites for hydroxylation is 2. The molecule has 26 heavy (non-hydrogen) atoms. The predicted molar refractivity (Wildman–Crippen MR) is 109 cm³/mol. The molecule has 0 atom stereocenters. The molecule has 0 saturated carbocycles. The molecule has 1 heterocycles.